The van der Waals surface area contributed by atoms with Crippen molar-refractivity contribution in [3.63, 3.8) is 0 Å². The zero-order valence-electron chi connectivity index (χ0n) is 13.3. The van der Waals surface area contributed by atoms with E-state index < -0.39 is 0 Å². The van der Waals surface area contributed by atoms with Gasteiger partial charge in [0.1, 0.15) is 0 Å². The monoisotopic (exact) mass is 349 g/mol. The van der Waals surface area contributed by atoms with Crippen LogP contribution in [0.1, 0.15) is 42.4 Å². The lowest BCUT2D eigenvalue weighted by Crippen LogP contribution is -2.24. The number of halogens is 1. The lowest BCUT2D eigenvalue weighted by molar-refractivity contribution is 0.528. The molecule has 0 bridgehead atoms. The highest BCUT2D eigenvalue weighted by atomic mass is 79.9. The minimum Gasteiger partial charge on any atom is -0.310 e. The summed E-state index contributed by atoms with van der Waals surface area (Å²) < 4.78 is 3.15. The normalized spacial score (nSPS) is 12.6. The number of rotatable bonds is 6. The standard InChI is InChI=1S/C17H24BrN3/c1-5-15-10-16(21(4)20-15)11-17(19-6-2)13-7-12(3)8-14(18)9-13/h7-10,17,19H,5-6,11H2,1-4H3. The Hall–Kier alpha value is -1.13. The number of hydrogen-bond acceptors (Lipinski definition) is 2. The molecule has 1 heterocycles. The SMILES string of the molecule is CCNC(Cc1cc(CC)nn1C)c1cc(C)cc(Br)c1. The number of benzene rings is 1. The predicted octanol–water partition coefficient (Wildman–Crippen LogP) is 3.95. The minimum atomic E-state index is 0.311. The lowest BCUT2D eigenvalue weighted by Gasteiger charge is -2.19. The topological polar surface area (TPSA) is 29.9 Å². The van der Waals surface area contributed by atoms with Crippen molar-refractivity contribution in [2.75, 3.05) is 6.54 Å². The van der Waals surface area contributed by atoms with Crippen molar-refractivity contribution in [1.29, 1.82) is 0 Å². The summed E-state index contributed by atoms with van der Waals surface area (Å²) in [7, 11) is 2.03. The molecular weight excluding hydrogens is 326 g/mol. The van der Waals surface area contributed by atoms with Crippen LogP contribution in [-0.2, 0) is 19.9 Å². The molecular formula is C17H24BrN3. The molecule has 1 unspecified atom stereocenters. The second-order valence-electron chi connectivity index (χ2n) is 5.48. The minimum absolute atomic E-state index is 0.311. The maximum absolute atomic E-state index is 4.55. The number of likely N-dealkylation sites (N-methyl/N-ethyl adjacent to an activating group) is 1. The van der Waals surface area contributed by atoms with Gasteiger partial charge >= 0.3 is 0 Å². The molecule has 0 radical (unpaired) electrons. The van der Waals surface area contributed by atoms with E-state index in [-0.39, 0.29) is 0 Å². The molecule has 2 rings (SSSR count). The molecule has 1 aromatic heterocycles. The van der Waals surface area contributed by atoms with Crippen molar-refractivity contribution in [3.05, 3.63) is 51.3 Å². The van der Waals surface area contributed by atoms with Gasteiger partial charge in [-0.1, -0.05) is 35.8 Å². The fraction of sp³-hybridized carbons (Fsp3) is 0.471. The largest absolute Gasteiger partial charge is 0.310 e. The van der Waals surface area contributed by atoms with Crippen LogP contribution < -0.4 is 5.32 Å². The summed E-state index contributed by atoms with van der Waals surface area (Å²) in [6.07, 6.45) is 1.93. The van der Waals surface area contributed by atoms with Crippen molar-refractivity contribution >= 4 is 15.9 Å². The van der Waals surface area contributed by atoms with Gasteiger partial charge in [-0.15, -0.1) is 0 Å². The van der Waals surface area contributed by atoms with Crippen LogP contribution in [0.25, 0.3) is 0 Å². The first kappa shape index (κ1) is 16.2. The summed E-state index contributed by atoms with van der Waals surface area (Å²) in [5.41, 5.74) is 5.04. The van der Waals surface area contributed by atoms with Crippen LogP contribution in [0.2, 0.25) is 0 Å². The van der Waals surface area contributed by atoms with E-state index in [0.717, 1.165) is 29.6 Å². The van der Waals surface area contributed by atoms with E-state index >= 15 is 0 Å². The van der Waals surface area contributed by atoms with E-state index in [9.17, 15) is 0 Å². The first-order chi connectivity index (χ1) is 10.0. The summed E-state index contributed by atoms with van der Waals surface area (Å²) in [6.45, 7) is 7.38. The second-order valence-corrected chi connectivity index (χ2v) is 6.40. The quantitative estimate of drug-likeness (QED) is 0.855. The maximum atomic E-state index is 4.55. The second kappa shape index (κ2) is 7.23. The van der Waals surface area contributed by atoms with Crippen LogP contribution in [0.3, 0.4) is 0 Å². The average Bonchev–Trinajstić information content (AvgIpc) is 2.78. The Balaban J connectivity index is 2.27. The molecule has 0 aliphatic heterocycles. The predicted molar refractivity (Wildman–Crippen MR) is 91.6 cm³/mol. The molecule has 0 saturated carbocycles. The van der Waals surface area contributed by atoms with Gasteiger partial charge in [-0.05, 0) is 49.2 Å². The summed E-state index contributed by atoms with van der Waals surface area (Å²) in [4.78, 5) is 0. The number of nitrogens with one attached hydrogen (secondary N) is 1. The third kappa shape index (κ3) is 4.17. The van der Waals surface area contributed by atoms with Gasteiger partial charge in [-0.2, -0.15) is 5.10 Å². The molecule has 4 heteroatoms. The van der Waals surface area contributed by atoms with Gasteiger partial charge in [0.15, 0.2) is 0 Å². The first-order valence-corrected chi connectivity index (χ1v) is 8.35. The first-order valence-electron chi connectivity index (χ1n) is 7.55. The van der Waals surface area contributed by atoms with Crippen LogP contribution in [-0.4, -0.2) is 16.3 Å². The molecule has 3 nitrogen and oxygen atoms in total. The van der Waals surface area contributed by atoms with Gasteiger partial charge in [-0.3, -0.25) is 4.68 Å². The Kier molecular flexibility index (Phi) is 5.59. The molecule has 1 N–H and O–H groups in total. The van der Waals surface area contributed by atoms with Crippen LogP contribution in [0, 0.1) is 6.92 Å². The molecule has 114 valence electrons. The molecule has 2 aromatic rings. The Morgan fingerprint density at radius 3 is 2.57 bits per heavy atom. The van der Waals surface area contributed by atoms with Crippen molar-refractivity contribution < 1.29 is 0 Å². The third-order valence-electron chi connectivity index (χ3n) is 3.72. The van der Waals surface area contributed by atoms with Crippen molar-refractivity contribution in [2.45, 2.75) is 39.7 Å². The van der Waals surface area contributed by atoms with Crippen LogP contribution in [0.5, 0.6) is 0 Å². The van der Waals surface area contributed by atoms with Crippen LogP contribution >= 0.6 is 15.9 Å². The molecule has 0 saturated heterocycles. The molecule has 0 spiro atoms. The lowest BCUT2D eigenvalue weighted by atomic mass is 10.00. The molecule has 0 amide bonds. The Bertz CT molecular complexity index is 584. The fourth-order valence-corrected chi connectivity index (χ4v) is 3.29. The number of aromatic nitrogens is 2. The van der Waals surface area contributed by atoms with E-state index in [1.54, 1.807) is 0 Å². The highest BCUT2D eigenvalue weighted by molar-refractivity contribution is 9.10. The summed E-state index contributed by atoms with van der Waals surface area (Å²) >= 11 is 3.60. The fourth-order valence-electron chi connectivity index (χ4n) is 2.66. The third-order valence-corrected chi connectivity index (χ3v) is 4.18. The van der Waals surface area contributed by atoms with Crippen LogP contribution in [0.15, 0.2) is 28.7 Å². The van der Waals surface area contributed by atoms with Crippen molar-refractivity contribution in [3.8, 4) is 0 Å². The number of nitrogens with zero attached hydrogens (tertiary/aromatic N) is 2. The van der Waals surface area contributed by atoms with E-state index in [2.05, 4.69) is 71.4 Å². The Labute approximate surface area is 135 Å². The summed E-state index contributed by atoms with van der Waals surface area (Å²) in [5, 5.41) is 8.15. The number of aryl methyl sites for hydroxylation is 3. The van der Waals surface area contributed by atoms with Gasteiger partial charge in [0.05, 0.1) is 5.69 Å². The molecule has 0 fully saturated rings. The van der Waals surface area contributed by atoms with E-state index in [1.807, 2.05) is 11.7 Å². The molecule has 1 aromatic carbocycles. The summed E-state index contributed by atoms with van der Waals surface area (Å²) in [5.74, 6) is 0. The molecule has 1 atom stereocenters. The molecule has 0 aliphatic carbocycles. The molecule has 0 aliphatic rings. The zero-order valence-corrected chi connectivity index (χ0v) is 14.9. The van der Waals surface area contributed by atoms with E-state index in [1.165, 1.54) is 16.8 Å². The number of hydrogen-bond donors (Lipinski definition) is 1. The van der Waals surface area contributed by atoms with Gasteiger partial charge < -0.3 is 5.32 Å². The van der Waals surface area contributed by atoms with Gasteiger partial charge in [0, 0.05) is 29.7 Å². The van der Waals surface area contributed by atoms with Crippen molar-refractivity contribution in [1.82, 2.24) is 15.1 Å². The van der Waals surface area contributed by atoms with E-state index in [0.29, 0.717) is 6.04 Å². The van der Waals surface area contributed by atoms with Crippen LogP contribution in [0.4, 0.5) is 0 Å². The van der Waals surface area contributed by atoms with Gasteiger partial charge in [0.25, 0.3) is 0 Å². The van der Waals surface area contributed by atoms with Gasteiger partial charge in [0.2, 0.25) is 0 Å². The summed E-state index contributed by atoms with van der Waals surface area (Å²) in [6, 6.07) is 9.14. The maximum Gasteiger partial charge on any atom is 0.0624 e. The average molecular weight is 350 g/mol. The highest BCUT2D eigenvalue weighted by Crippen LogP contribution is 2.24. The highest BCUT2D eigenvalue weighted by Gasteiger charge is 2.15. The van der Waals surface area contributed by atoms with E-state index in [4.69, 9.17) is 0 Å². The Morgan fingerprint density at radius 2 is 2.00 bits per heavy atom. The van der Waals surface area contributed by atoms with Gasteiger partial charge in [-0.25, -0.2) is 0 Å². The van der Waals surface area contributed by atoms with Crippen molar-refractivity contribution in [2.24, 2.45) is 7.05 Å². The smallest absolute Gasteiger partial charge is 0.0624 e. The zero-order chi connectivity index (χ0) is 15.4. The molecule has 21 heavy (non-hydrogen) atoms. The Morgan fingerprint density at radius 1 is 1.24 bits per heavy atom.